The van der Waals surface area contributed by atoms with E-state index in [1.54, 1.807) is 6.08 Å². The fourth-order valence-electron chi connectivity index (χ4n) is 3.70. The summed E-state index contributed by atoms with van der Waals surface area (Å²) < 4.78 is 11.9. The van der Waals surface area contributed by atoms with Crippen LogP contribution in [0.1, 0.15) is 23.6 Å². The zero-order chi connectivity index (χ0) is 25.7. The molecule has 184 valence electrons. The minimum Gasteiger partial charge on any atom is -0.489 e. The molecule has 8 heteroatoms. The summed E-state index contributed by atoms with van der Waals surface area (Å²) in [4.78, 5) is 28.5. The van der Waals surface area contributed by atoms with Gasteiger partial charge >= 0.3 is 5.97 Å². The van der Waals surface area contributed by atoms with Crippen LogP contribution in [0.5, 0.6) is 5.75 Å². The second-order valence-corrected chi connectivity index (χ2v) is 9.73. The molecule has 0 saturated carbocycles. The van der Waals surface area contributed by atoms with Gasteiger partial charge < -0.3 is 14.4 Å². The molecule has 0 aromatic heterocycles. The van der Waals surface area contributed by atoms with Crippen molar-refractivity contribution in [1.82, 2.24) is 4.90 Å². The summed E-state index contributed by atoms with van der Waals surface area (Å²) in [6.45, 7) is 2.37. The summed E-state index contributed by atoms with van der Waals surface area (Å²) in [5.41, 5.74) is 3.97. The molecule has 0 unspecified atom stereocenters. The Bertz CT molecular complexity index is 1290. The Morgan fingerprint density at radius 2 is 1.61 bits per heavy atom. The van der Waals surface area contributed by atoms with Crippen LogP contribution in [0.3, 0.4) is 0 Å². The van der Waals surface area contributed by atoms with Crippen molar-refractivity contribution in [2.45, 2.75) is 20.0 Å². The van der Waals surface area contributed by atoms with Crippen molar-refractivity contribution in [3.8, 4) is 5.75 Å². The molecule has 1 aliphatic heterocycles. The molecule has 0 aliphatic carbocycles. The third-order valence-corrected chi connectivity index (χ3v) is 6.88. The number of rotatable bonds is 8. The average Bonchev–Trinajstić information content (AvgIpc) is 3.13. The van der Waals surface area contributed by atoms with Crippen molar-refractivity contribution in [2.24, 2.45) is 0 Å². The van der Waals surface area contributed by atoms with Crippen molar-refractivity contribution >= 4 is 63.6 Å². The van der Waals surface area contributed by atoms with E-state index >= 15 is 0 Å². The van der Waals surface area contributed by atoms with Gasteiger partial charge in [-0.25, -0.2) is 0 Å². The summed E-state index contributed by atoms with van der Waals surface area (Å²) in [5, 5.41) is 0.235. The molecule has 1 heterocycles. The number of aryl methyl sites for hydroxylation is 1. The number of ether oxygens (including phenoxy) is 2. The van der Waals surface area contributed by atoms with E-state index in [1.165, 1.54) is 20.5 Å². The highest BCUT2D eigenvalue weighted by Gasteiger charge is 2.40. The van der Waals surface area contributed by atoms with Gasteiger partial charge in [0.25, 0.3) is 5.91 Å². The highest BCUT2D eigenvalue weighted by molar-refractivity contribution is 14.1. The summed E-state index contributed by atoms with van der Waals surface area (Å²) in [7, 11) is 1.31. The van der Waals surface area contributed by atoms with Gasteiger partial charge in [-0.1, -0.05) is 43.3 Å². The summed E-state index contributed by atoms with van der Waals surface area (Å²) >= 11 is 7.88. The Labute approximate surface area is 229 Å². The lowest BCUT2D eigenvalue weighted by Crippen LogP contribution is -2.35. The third-order valence-electron chi connectivity index (χ3n) is 5.76. The number of halogens is 1. The van der Waals surface area contributed by atoms with Gasteiger partial charge in [-0.15, -0.1) is 0 Å². The van der Waals surface area contributed by atoms with E-state index in [0.29, 0.717) is 23.7 Å². The molecule has 36 heavy (non-hydrogen) atoms. The standard InChI is InChI=1S/C28H25IN2O4S/c1-3-19-6-12-23(13-7-19)31-27(33)25(30(28(31)36)17-26(32)34-2)16-20-8-14-24(15-9-20)35-18-21-4-10-22(29)11-5-21/h4-16H,3,17-18H2,1-2H3/b25-16-. The van der Waals surface area contributed by atoms with Gasteiger partial charge in [0.1, 0.15) is 24.6 Å². The lowest BCUT2D eigenvalue weighted by Gasteiger charge is -2.19. The number of anilines is 1. The summed E-state index contributed by atoms with van der Waals surface area (Å²) in [6, 6.07) is 23.2. The molecule has 0 bridgehead atoms. The molecule has 1 saturated heterocycles. The molecular weight excluding hydrogens is 587 g/mol. The predicted molar refractivity (Wildman–Crippen MR) is 153 cm³/mol. The van der Waals surface area contributed by atoms with Gasteiger partial charge in [0.15, 0.2) is 5.11 Å². The van der Waals surface area contributed by atoms with E-state index in [9.17, 15) is 9.59 Å². The van der Waals surface area contributed by atoms with E-state index in [4.69, 9.17) is 21.7 Å². The van der Waals surface area contributed by atoms with Crippen LogP contribution in [0.2, 0.25) is 0 Å². The second-order valence-electron chi connectivity index (χ2n) is 8.12. The number of amides is 1. The largest absolute Gasteiger partial charge is 0.489 e. The normalized spacial score (nSPS) is 14.5. The Morgan fingerprint density at radius 1 is 0.972 bits per heavy atom. The number of benzene rings is 3. The van der Waals surface area contributed by atoms with E-state index in [2.05, 4.69) is 29.5 Å². The number of hydrogen-bond donors (Lipinski definition) is 0. The van der Waals surface area contributed by atoms with Crippen LogP contribution < -0.4 is 9.64 Å². The predicted octanol–water partition coefficient (Wildman–Crippen LogP) is 5.58. The maximum absolute atomic E-state index is 13.5. The van der Waals surface area contributed by atoms with Crippen LogP contribution in [-0.4, -0.2) is 35.5 Å². The van der Waals surface area contributed by atoms with Gasteiger partial charge in [-0.3, -0.25) is 14.5 Å². The number of carbonyl (C=O) groups is 2. The summed E-state index contributed by atoms with van der Waals surface area (Å²) in [6.07, 6.45) is 2.61. The Kier molecular flexibility index (Phi) is 8.37. The summed E-state index contributed by atoms with van der Waals surface area (Å²) in [5.74, 6) is -0.0706. The topological polar surface area (TPSA) is 59.1 Å². The molecule has 3 aromatic carbocycles. The minimum absolute atomic E-state index is 0.159. The number of methoxy groups -OCH3 is 1. The molecule has 1 amide bonds. The fourth-order valence-corrected chi connectivity index (χ4v) is 4.41. The lowest BCUT2D eigenvalue weighted by molar-refractivity contribution is -0.140. The van der Waals surface area contributed by atoms with Crippen LogP contribution in [0.25, 0.3) is 6.08 Å². The molecule has 6 nitrogen and oxygen atoms in total. The third kappa shape index (κ3) is 5.93. The molecule has 1 aliphatic rings. The van der Waals surface area contributed by atoms with Gasteiger partial charge in [0.2, 0.25) is 0 Å². The molecule has 3 aromatic rings. The zero-order valence-electron chi connectivity index (χ0n) is 19.9. The lowest BCUT2D eigenvalue weighted by atomic mass is 10.1. The zero-order valence-corrected chi connectivity index (χ0v) is 22.9. The van der Waals surface area contributed by atoms with Crippen molar-refractivity contribution in [1.29, 1.82) is 0 Å². The van der Waals surface area contributed by atoms with E-state index in [-0.39, 0.29) is 17.6 Å². The molecule has 0 radical (unpaired) electrons. The number of nitrogens with zero attached hydrogens (tertiary/aromatic N) is 2. The Balaban J connectivity index is 1.56. The number of carbonyl (C=O) groups excluding carboxylic acids is 2. The fraction of sp³-hybridized carbons (Fsp3) is 0.179. The average molecular weight is 612 g/mol. The first-order valence-corrected chi connectivity index (χ1v) is 12.9. The Morgan fingerprint density at radius 3 is 2.22 bits per heavy atom. The first-order valence-electron chi connectivity index (χ1n) is 11.4. The highest BCUT2D eigenvalue weighted by Crippen LogP contribution is 2.30. The van der Waals surface area contributed by atoms with Crippen LogP contribution in [0.15, 0.2) is 78.5 Å². The molecular formula is C28H25IN2O4S. The number of esters is 1. The molecule has 1 fully saturated rings. The van der Waals surface area contributed by atoms with Crippen molar-refractivity contribution < 1.29 is 19.1 Å². The van der Waals surface area contributed by atoms with Crippen LogP contribution in [-0.2, 0) is 27.4 Å². The highest BCUT2D eigenvalue weighted by atomic mass is 127. The van der Waals surface area contributed by atoms with Crippen LogP contribution in [0, 0.1) is 3.57 Å². The molecule has 0 atom stereocenters. The number of hydrogen-bond acceptors (Lipinski definition) is 5. The van der Waals surface area contributed by atoms with Gasteiger partial charge in [-0.05, 0) is 100 Å². The smallest absolute Gasteiger partial charge is 0.325 e. The maximum atomic E-state index is 13.5. The van der Waals surface area contributed by atoms with E-state index in [1.807, 2.05) is 72.8 Å². The SMILES string of the molecule is CCc1ccc(N2C(=O)/C(=C/c3ccc(OCc4ccc(I)cc4)cc3)N(CC(=O)OC)C2=S)cc1. The van der Waals surface area contributed by atoms with Crippen molar-refractivity contribution in [3.05, 3.63) is 98.8 Å². The Hall–Kier alpha value is -3.24. The molecule has 0 spiro atoms. The van der Waals surface area contributed by atoms with Gasteiger partial charge in [0.05, 0.1) is 12.8 Å². The minimum atomic E-state index is -0.487. The first-order chi connectivity index (χ1) is 17.4. The first kappa shape index (κ1) is 25.8. The van der Waals surface area contributed by atoms with Gasteiger partial charge in [0, 0.05) is 3.57 Å². The number of thiocarbonyl (C=S) groups is 1. The van der Waals surface area contributed by atoms with Crippen LogP contribution >= 0.6 is 34.8 Å². The molecule has 0 N–H and O–H groups in total. The van der Waals surface area contributed by atoms with Gasteiger partial charge in [-0.2, -0.15) is 0 Å². The van der Waals surface area contributed by atoms with Crippen molar-refractivity contribution in [2.75, 3.05) is 18.6 Å². The van der Waals surface area contributed by atoms with E-state index in [0.717, 1.165) is 23.1 Å². The van der Waals surface area contributed by atoms with E-state index < -0.39 is 5.97 Å². The van der Waals surface area contributed by atoms with Crippen molar-refractivity contribution in [3.63, 3.8) is 0 Å². The maximum Gasteiger partial charge on any atom is 0.325 e. The second kappa shape index (κ2) is 11.7. The monoisotopic (exact) mass is 612 g/mol. The van der Waals surface area contributed by atoms with Crippen LogP contribution in [0.4, 0.5) is 5.69 Å². The molecule has 4 rings (SSSR count). The quantitative estimate of drug-likeness (QED) is 0.143.